The predicted molar refractivity (Wildman–Crippen MR) is 123 cm³/mol. The number of fused-ring (bicyclic) bond motifs is 3. The molecule has 176 valence electrons. The van der Waals surface area contributed by atoms with Crippen LogP contribution >= 0.6 is 0 Å². The molecule has 0 heterocycles. The molecule has 0 saturated heterocycles. The number of aliphatic carboxylic acids is 1. The van der Waals surface area contributed by atoms with Gasteiger partial charge >= 0.3 is 12.1 Å². The Morgan fingerprint density at radius 3 is 2.12 bits per heavy atom. The van der Waals surface area contributed by atoms with E-state index in [9.17, 15) is 19.5 Å². The normalized spacial score (nSPS) is 14.2. The van der Waals surface area contributed by atoms with Crippen molar-refractivity contribution in [3.05, 3.63) is 59.7 Å². The Morgan fingerprint density at radius 2 is 1.58 bits per heavy atom. The maximum Gasteiger partial charge on any atom is 0.407 e. The summed E-state index contributed by atoms with van der Waals surface area (Å²) in [5.41, 5.74) is 4.43. The molecule has 2 amide bonds. The molecule has 1 aliphatic rings. The third-order valence-corrected chi connectivity index (χ3v) is 5.58. The quantitative estimate of drug-likeness (QED) is 0.438. The lowest BCUT2D eigenvalue weighted by atomic mass is 9.98. The summed E-state index contributed by atoms with van der Waals surface area (Å²) in [7, 11) is 0. The highest BCUT2D eigenvalue weighted by atomic mass is 16.5. The predicted octanol–water partition coefficient (Wildman–Crippen LogP) is 2.89. The van der Waals surface area contributed by atoms with E-state index in [1.807, 2.05) is 50.2 Å². The molecule has 3 rings (SSSR count). The first-order valence-electron chi connectivity index (χ1n) is 11.0. The minimum absolute atomic E-state index is 0.0910. The van der Waals surface area contributed by atoms with Crippen molar-refractivity contribution in [2.24, 2.45) is 5.92 Å². The number of ether oxygens (including phenoxy) is 1. The van der Waals surface area contributed by atoms with Gasteiger partial charge in [0.15, 0.2) is 0 Å². The summed E-state index contributed by atoms with van der Waals surface area (Å²) in [5, 5.41) is 23.5. The summed E-state index contributed by atoms with van der Waals surface area (Å²) >= 11 is 0. The number of carbonyl (C=O) groups is 3. The molecule has 8 nitrogen and oxygen atoms in total. The van der Waals surface area contributed by atoms with Gasteiger partial charge in [0.05, 0.1) is 12.5 Å². The van der Waals surface area contributed by atoms with Crippen molar-refractivity contribution < 1.29 is 29.3 Å². The van der Waals surface area contributed by atoms with E-state index in [0.29, 0.717) is 6.42 Å². The van der Waals surface area contributed by atoms with E-state index in [1.165, 1.54) is 0 Å². The first kappa shape index (κ1) is 24.3. The van der Waals surface area contributed by atoms with Gasteiger partial charge in [0, 0.05) is 12.5 Å². The molecule has 0 aliphatic heterocycles. The molecule has 4 N–H and O–H groups in total. The number of hydrogen-bond donors (Lipinski definition) is 4. The van der Waals surface area contributed by atoms with Crippen LogP contribution in [0.5, 0.6) is 0 Å². The topological polar surface area (TPSA) is 125 Å². The molecule has 1 unspecified atom stereocenters. The fourth-order valence-corrected chi connectivity index (χ4v) is 4.10. The molecule has 0 saturated carbocycles. The van der Waals surface area contributed by atoms with Crippen molar-refractivity contribution in [1.29, 1.82) is 0 Å². The summed E-state index contributed by atoms with van der Waals surface area (Å²) in [6.45, 7) is 3.75. The number of aliphatic hydroxyl groups is 1. The summed E-state index contributed by atoms with van der Waals surface area (Å²) in [6, 6.07) is 15.2. The number of nitrogens with one attached hydrogen (secondary N) is 2. The second-order valence-electron chi connectivity index (χ2n) is 8.65. The molecule has 8 heteroatoms. The molecule has 0 bridgehead atoms. The zero-order valence-electron chi connectivity index (χ0n) is 18.8. The average molecular weight is 455 g/mol. The average Bonchev–Trinajstić information content (AvgIpc) is 3.08. The fourth-order valence-electron chi connectivity index (χ4n) is 4.10. The number of rotatable bonds is 10. The zero-order valence-corrected chi connectivity index (χ0v) is 18.8. The number of hydrogen-bond acceptors (Lipinski definition) is 5. The Morgan fingerprint density at radius 1 is 1.00 bits per heavy atom. The van der Waals surface area contributed by atoms with Crippen molar-refractivity contribution in [2.45, 2.75) is 44.8 Å². The van der Waals surface area contributed by atoms with Gasteiger partial charge in [-0.3, -0.25) is 9.59 Å². The van der Waals surface area contributed by atoms with Crippen molar-refractivity contribution >= 4 is 18.0 Å². The van der Waals surface area contributed by atoms with E-state index < -0.39 is 36.5 Å². The van der Waals surface area contributed by atoms with Gasteiger partial charge in [-0.05, 0) is 34.6 Å². The van der Waals surface area contributed by atoms with Crippen LogP contribution in [0, 0.1) is 5.92 Å². The van der Waals surface area contributed by atoms with E-state index in [1.54, 1.807) is 0 Å². The van der Waals surface area contributed by atoms with E-state index in [0.717, 1.165) is 22.3 Å². The first-order chi connectivity index (χ1) is 15.8. The zero-order chi connectivity index (χ0) is 24.0. The van der Waals surface area contributed by atoms with Gasteiger partial charge in [0.1, 0.15) is 12.6 Å². The van der Waals surface area contributed by atoms with Gasteiger partial charge < -0.3 is 25.6 Å². The Kier molecular flexibility index (Phi) is 8.06. The third-order valence-electron chi connectivity index (χ3n) is 5.58. The Bertz CT molecular complexity index is 960. The van der Waals surface area contributed by atoms with E-state index in [-0.39, 0.29) is 25.0 Å². The number of alkyl carbamates (subject to hydrolysis) is 1. The van der Waals surface area contributed by atoms with Crippen LogP contribution in [-0.4, -0.2) is 53.5 Å². The van der Waals surface area contributed by atoms with Gasteiger partial charge in [0.2, 0.25) is 5.91 Å². The van der Waals surface area contributed by atoms with Crippen LogP contribution in [0.3, 0.4) is 0 Å². The maximum absolute atomic E-state index is 12.6. The second-order valence-corrected chi connectivity index (χ2v) is 8.65. The first-order valence-corrected chi connectivity index (χ1v) is 11.0. The summed E-state index contributed by atoms with van der Waals surface area (Å²) in [6.07, 6.45) is -2.02. The van der Waals surface area contributed by atoms with Crippen molar-refractivity contribution in [3.63, 3.8) is 0 Å². The van der Waals surface area contributed by atoms with Crippen LogP contribution in [0.15, 0.2) is 48.5 Å². The number of amides is 2. The molecule has 0 fully saturated rings. The number of carbonyl (C=O) groups excluding carboxylic acids is 2. The van der Waals surface area contributed by atoms with Crippen molar-refractivity contribution in [1.82, 2.24) is 10.6 Å². The number of carboxylic acid groups (broad SMARTS) is 1. The summed E-state index contributed by atoms with van der Waals surface area (Å²) in [4.78, 5) is 35.8. The van der Waals surface area contributed by atoms with Gasteiger partial charge in [-0.2, -0.15) is 0 Å². The molecular weight excluding hydrogens is 424 g/mol. The lowest BCUT2D eigenvalue weighted by Crippen LogP contribution is -2.49. The van der Waals surface area contributed by atoms with Crippen LogP contribution in [0.1, 0.15) is 43.7 Å². The van der Waals surface area contributed by atoms with Crippen LogP contribution in [0.4, 0.5) is 4.79 Å². The monoisotopic (exact) mass is 454 g/mol. The Labute approximate surface area is 193 Å². The van der Waals surface area contributed by atoms with Crippen LogP contribution in [0.25, 0.3) is 11.1 Å². The fraction of sp³-hybridized carbons (Fsp3) is 0.400. The lowest BCUT2D eigenvalue weighted by molar-refractivity contribution is -0.139. The van der Waals surface area contributed by atoms with Crippen molar-refractivity contribution in [3.8, 4) is 11.1 Å². The van der Waals surface area contributed by atoms with Crippen LogP contribution in [-0.2, 0) is 14.3 Å². The molecule has 2 aromatic carbocycles. The minimum Gasteiger partial charge on any atom is -0.481 e. The molecule has 0 radical (unpaired) electrons. The van der Waals surface area contributed by atoms with Gasteiger partial charge in [-0.1, -0.05) is 62.4 Å². The number of benzene rings is 2. The molecule has 2 aromatic rings. The summed E-state index contributed by atoms with van der Waals surface area (Å²) in [5.74, 6) is -1.64. The SMILES string of the molecule is CC(C)C[C@@H](NC(=O)OCC1c2ccccc2-c2ccccc21)C(=O)NCC(O)CC(=O)O. The second kappa shape index (κ2) is 11.0. The number of aliphatic hydroxyl groups excluding tert-OH is 1. The lowest BCUT2D eigenvalue weighted by Gasteiger charge is -2.21. The highest BCUT2D eigenvalue weighted by Gasteiger charge is 2.30. The molecule has 0 spiro atoms. The standard InChI is InChI=1S/C25H30N2O6/c1-15(2)11-22(24(31)26-13-16(28)12-23(29)30)27-25(32)33-14-21-19-9-5-3-7-17(19)18-8-4-6-10-20(18)21/h3-10,15-16,21-22,28H,11-14H2,1-2H3,(H,26,31)(H,27,32)(H,29,30)/t16?,22-/m1/s1. The summed E-state index contributed by atoms with van der Waals surface area (Å²) < 4.78 is 5.52. The van der Waals surface area contributed by atoms with Crippen molar-refractivity contribution in [2.75, 3.05) is 13.2 Å². The molecule has 33 heavy (non-hydrogen) atoms. The Balaban J connectivity index is 1.60. The number of carboxylic acids is 1. The van der Waals surface area contributed by atoms with Gasteiger partial charge in [-0.15, -0.1) is 0 Å². The molecule has 0 aromatic heterocycles. The van der Waals surface area contributed by atoms with E-state index in [4.69, 9.17) is 9.84 Å². The van der Waals surface area contributed by atoms with Crippen LogP contribution in [0.2, 0.25) is 0 Å². The smallest absolute Gasteiger partial charge is 0.407 e. The third kappa shape index (κ3) is 6.32. The van der Waals surface area contributed by atoms with E-state index >= 15 is 0 Å². The minimum atomic E-state index is -1.21. The Hall–Kier alpha value is -3.39. The van der Waals surface area contributed by atoms with Crippen LogP contribution < -0.4 is 10.6 Å². The molecule has 2 atom stereocenters. The largest absolute Gasteiger partial charge is 0.481 e. The highest BCUT2D eigenvalue weighted by molar-refractivity contribution is 5.86. The molecular formula is C25H30N2O6. The molecule has 1 aliphatic carbocycles. The van der Waals surface area contributed by atoms with Gasteiger partial charge in [-0.25, -0.2) is 4.79 Å². The van der Waals surface area contributed by atoms with Gasteiger partial charge in [0.25, 0.3) is 0 Å². The highest BCUT2D eigenvalue weighted by Crippen LogP contribution is 2.44. The van der Waals surface area contributed by atoms with E-state index in [2.05, 4.69) is 22.8 Å². The maximum atomic E-state index is 12.6.